The summed E-state index contributed by atoms with van der Waals surface area (Å²) in [6, 6.07) is 4.15. The highest BCUT2D eigenvalue weighted by Gasteiger charge is 2.14. The van der Waals surface area contributed by atoms with E-state index in [1.165, 1.54) is 6.07 Å². The van der Waals surface area contributed by atoms with Crippen molar-refractivity contribution in [3.05, 3.63) is 47.8 Å². The van der Waals surface area contributed by atoms with Gasteiger partial charge in [0.25, 0.3) is 0 Å². The Labute approximate surface area is 117 Å². The summed E-state index contributed by atoms with van der Waals surface area (Å²) in [5, 5.41) is 0. The molecule has 0 aliphatic carbocycles. The third-order valence-electron chi connectivity index (χ3n) is 2.95. The lowest BCUT2D eigenvalue weighted by atomic mass is 10.1. The average molecular weight is 297 g/mol. The number of hydrogen-bond acceptors (Lipinski definition) is 3. The highest BCUT2D eigenvalue weighted by molar-refractivity contribution is 7.88. The molecule has 0 fully saturated rings. The molecule has 5 nitrogen and oxygen atoms in total. The molecule has 1 N–H and O–H groups in total. The highest BCUT2D eigenvalue weighted by Crippen LogP contribution is 2.20. The second kappa shape index (κ2) is 5.34. The van der Waals surface area contributed by atoms with Crippen molar-refractivity contribution >= 4 is 10.0 Å². The van der Waals surface area contributed by atoms with E-state index in [0.29, 0.717) is 17.1 Å². The van der Waals surface area contributed by atoms with Crippen molar-refractivity contribution in [2.24, 2.45) is 0 Å². The third-order valence-corrected chi connectivity index (χ3v) is 3.73. The van der Waals surface area contributed by atoms with Crippen LogP contribution in [-0.2, 0) is 10.0 Å². The first kappa shape index (κ1) is 14.7. The van der Waals surface area contributed by atoms with E-state index >= 15 is 0 Å². The molecule has 1 unspecified atom stereocenters. The molecule has 0 saturated carbocycles. The quantitative estimate of drug-likeness (QED) is 0.938. The van der Waals surface area contributed by atoms with Crippen LogP contribution < -0.4 is 4.72 Å². The molecule has 0 radical (unpaired) electrons. The van der Waals surface area contributed by atoms with E-state index in [0.717, 1.165) is 6.26 Å². The van der Waals surface area contributed by atoms with Crippen molar-refractivity contribution in [1.29, 1.82) is 0 Å². The van der Waals surface area contributed by atoms with Gasteiger partial charge in [-0.05, 0) is 31.5 Å². The number of nitrogens with zero attached hydrogens (tertiary/aromatic N) is 2. The Kier molecular flexibility index (Phi) is 3.92. The summed E-state index contributed by atoms with van der Waals surface area (Å²) >= 11 is 0. The topological polar surface area (TPSA) is 64.0 Å². The van der Waals surface area contributed by atoms with Crippen LogP contribution in [0, 0.1) is 12.7 Å². The minimum absolute atomic E-state index is 0.385. The van der Waals surface area contributed by atoms with Gasteiger partial charge in [0.15, 0.2) is 0 Å². The molecule has 0 spiro atoms. The summed E-state index contributed by atoms with van der Waals surface area (Å²) in [4.78, 5) is 4.04. The molecular weight excluding hydrogens is 281 g/mol. The Morgan fingerprint density at radius 2 is 2.10 bits per heavy atom. The van der Waals surface area contributed by atoms with E-state index in [9.17, 15) is 12.8 Å². The smallest absolute Gasteiger partial charge is 0.209 e. The fourth-order valence-corrected chi connectivity index (χ4v) is 2.79. The van der Waals surface area contributed by atoms with E-state index in [1.54, 1.807) is 42.9 Å². The molecule has 108 valence electrons. The van der Waals surface area contributed by atoms with E-state index in [1.807, 2.05) is 0 Å². The van der Waals surface area contributed by atoms with Gasteiger partial charge in [0.2, 0.25) is 10.0 Å². The van der Waals surface area contributed by atoms with E-state index < -0.39 is 21.9 Å². The molecule has 20 heavy (non-hydrogen) atoms. The van der Waals surface area contributed by atoms with E-state index in [-0.39, 0.29) is 0 Å². The maximum absolute atomic E-state index is 14.2. The predicted octanol–water partition coefficient (Wildman–Crippen LogP) is 1.93. The Morgan fingerprint density at radius 3 is 2.60 bits per heavy atom. The monoisotopic (exact) mass is 297 g/mol. The number of benzene rings is 1. The summed E-state index contributed by atoms with van der Waals surface area (Å²) in [7, 11) is -3.33. The number of sulfonamides is 1. The van der Waals surface area contributed by atoms with E-state index in [4.69, 9.17) is 0 Å². The standard InChI is InChI=1S/C13H16FN3O2S/c1-9(16-20(3,18)19)11-4-5-13(12(14)8-11)17-7-6-15-10(17)2/h4-9,16H,1-3H3. The first-order valence-electron chi connectivity index (χ1n) is 6.05. The summed E-state index contributed by atoms with van der Waals surface area (Å²) in [6.07, 6.45) is 4.34. The van der Waals surface area contributed by atoms with Gasteiger partial charge in [-0.15, -0.1) is 0 Å². The van der Waals surface area contributed by atoms with Crippen LogP contribution in [0.1, 0.15) is 24.4 Å². The van der Waals surface area contributed by atoms with Crippen molar-refractivity contribution in [3.8, 4) is 5.69 Å². The Morgan fingerprint density at radius 1 is 1.40 bits per heavy atom. The SMILES string of the molecule is Cc1nccn1-c1ccc(C(C)NS(C)(=O)=O)cc1F. The fraction of sp³-hybridized carbons (Fsp3) is 0.308. The van der Waals surface area contributed by atoms with Gasteiger partial charge in [-0.25, -0.2) is 22.5 Å². The van der Waals surface area contributed by atoms with Gasteiger partial charge < -0.3 is 4.57 Å². The van der Waals surface area contributed by atoms with Crippen molar-refractivity contribution in [2.75, 3.05) is 6.26 Å². The molecule has 0 saturated heterocycles. The number of hydrogen-bond donors (Lipinski definition) is 1. The van der Waals surface area contributed by atoms with Gasteiger partial charge in [0.1, 0.15) is 11.6 Å². The van der Waals surface area contributed by atoms with Gasteiger partial charge in [-0.2, -0.15) is 0 Å². The van der Waals surface area contributed by atoms with Crippen molar-refractivity contribution in [2.45, 2.75) is 19.9 Å². The van der Waals surface area contributed by atoms with Crippen LogP contribution in [0.15, 0.2) is 30.6 Å². The summed E-state index contributed by atoms with van der Waals surface area (Å²) in [6.45, 7) is 3.44. The van der Waals surface area contributed by atoms with Crippen LogP contribution in [0.5, 0.6) is 0 Å². The fourth-order valence-electron chi connectivity index (χ4n) is 2.01. The van der Waals surface area contributed by atoms with Crippen LogP contribution in [0.4, 0.5) is 4.39 Å². The zero-order valence-corrected chi connectivity index (χ0v) is 12.3. The van der Waals surface area contributed by atoms with Gasteiger partial charge in [0, 0.05) is 18.4 Å². The molecule has 1 aromatic carbocycles. The van der Waals surface area contributed by atoms with Crippen molar-refractivity contribution < 1.29 is 12.8 Å². The molecule has 1 atom stereocenters. The predicted molar refractivity (Wildman–Crippen MR) is 74.7 cm³/mol. The van der Waals surface area contributed by atoms with Crippen LogP contribution in [-0.4, -0.2) is 24.2 Å². The molecular formula is C13H16FN3O2S. The lowest BCUT2D eigenvalue weighted by Crippen LogP contribution is -2.25. The number of halogens is 1. The van der Waals surface area contributed by atoms with Gasteiger partial charge in [-0.1, -0.05) is 6.07 Å². The molecule has 1 aromatic heterocycles. The minimum atomic E-state index is -3.33. The Bertz CT molecular complexity index is 725. The third kappa shape index (κ3) is 3.23. The summed E-state index contributed by atoms with van der Waals surface area (Å²) in [5.41, 5.74) is 0.949. The zero-order valence-electron chi connectivity index (χ0n) is 11.5. The number of imidazole rings is 1. The summed E-state index contributed by atoms with van der Waals surface area (Å²) < 4.78 is 40.6. The summed E-state index contributed by atoms with van der Waals surface area (Å²) in [5.74, 6) is 0.254. The molecule has 0 aliphatic heterocycles. The van der Waals surface area contributed by atoms with Crippen LogP contribution in [0.2, 0.25) is 0 Å². The van der Waals surface area contributed by atoms with Crippen molar-refractivity contribution in [3.63, 3.8) is 0 Å². The molecule has 1 heterocycles. The van der Waals surface area contributed by atoms with Gasteiger partial charge in [-0.3, -0.25) is 0 Å². The molecule has 0 aliphatic rings. The second-order valence-electron chi connectivity index (χ2n) is 4.67. The van der Waals surface area contributed by atoms with E-state index in [2.05, 4.69) is 9.71 Å². The van der Waals surface area contributed by atoms with Gasteiger partial charge in [0.05, 0.1) is 11.9 Å². The van der Waals surface area contributed by atoms with Crippen LogP contribution in [0.25, 0.3) is 5.69 Å². The Balaban J connectivity index is 2.33. The maximum Gasteiger partial charge on any atom is 0.209 e. The first-order valence-corrected chi connectivity index (χ1v) is 7.94. The zero-order chi connectivity index (χ0) is 14.9. The van der Waals surface area contributed by atoms with Crippen LogP contribution >= 0.6 is 0 Å². The molecule has 2 aromatic rings. The number of rotatable bonds is 4. The molecule has 0 amide bonds. The lowest BCUT2D eigenvalue weighted by Gasteiger charge is -2.14. The Hall–Kier alpha value is -1.73. The van der Waals surface area contributed by atoms with Crippen molar-refractivity contribution in [1.82, 2.24) is 14.3 Å². The molecule has 2 rings (SSSR count). The molecule has 7 heteroatoms. The first-order chi connectivity index (χ1) is 9.28. The average Bonchev–Trinajstić information content (AvgIpc) is 2.73. The number of aromatic nitrogens is 2. The normalized spacial score (nSPS) is 13.4. The maximum atomic E-state index is 14.2. The minimum Gasteiger partial charge on any atom is -0.301 e. The largest absolute Gasteiger partial charge is 0.301 e. The lowest BCUT2D eigenvalue weighted by molar-refractivity contribution is 0.570. The second-order valence-corrected chi connectivity index (χ2v) is 6.45. The van der Waals surface area contributed by atoms with Gasteiger partial charge >= 0.3 is 0 Å². The number of nitrogens with one attached hydrogen (secondary N) is 1. The highest BCUT2D eigenvalue weighted by atomic mass is 32.2. The molecule has 0 bridgehead atoms. The van der Waals surface area contributed by atoms with Crippen LogP contribution in [0.3, 0.4) is 0 Å². The number of aryl methyl sites for hydroxylation is 1.